The topological polar surface area (TPSA) is 88.6 Å². The molecule has 1 unspecified atom stereocenters. The SMILES string of the molecule is CCN1C(=O)C(C(=O)Nc2cc(C)no2)c2cc3occc3cc21. The summed E-state index contributed by atoms with van der Waals surface area (Å²) in [4.78, 5) is 27.0. The number of benzene rings is 1. The van der Waals surface area contributed by atoms with Crippen molar-refractivity contribution >= 4 is 34.4 Å². The van der Waals surface area contributed by atoms with E-state index in [1.54, 1.807) is 30.2 Å². The number of fused-ring (bicyclic) bond motifs is 2. The number of aryl methyl sites for hydroxylation is 1. The van der Waals surface area contributed by atoms with E-state index < -0.39 is 11.8 Å². The summed E-state index contributed by atoms with van der Waals surface area (Å²) in [6.07, 6.45) is 1.59. The van der Waals surface area contributed by atoms with E-state index in [0.717, 1.165) is 11.1 Å². The molecule has 4 rings (SSSR count). The van der Waals surface area contributed by atoms with Crippen LogP contribution in [0.5, 0.6) is 0 Å². The summed E-state index contributed by atoms with van der Waals surface area (Å²) >= 11 is 0. The Morgan fingerprint density at radius 2 is 2.21 bits per heavy atom. The summed E-state index contributed by atoms with van der Waals surface area (Å²) in [6.45, 7) is 4.11. The monoisotopic (exact) mass is 325 g/mol. The Labute approximate surface area is 137 Å². The van der Waals surface area contributed by atoms with Crippen LogP contribution in [0, 0.1) is 6.92 Å². The molecule has 2 amide bonds. The van der Waals surface area contributed by atoms with Crippen LogP contribution in [-0.2, 0) is 9.59 Å². The van der Waals surface area contributed by atoms with Crippen molar-refractivity contribution in [1.29, 1.82) is 0 Å². The van der Waals surface area contributed by atoms with Gasteiger partial charge in [0.25, 0.3) is 0 Å². The van der Waals surface area contributed by atoms with E-state index >= 15 is 0 Å². The summed E-state index contributed by atoms with van der Waals surface area (Å²) in [5, 5.41) is 7.24. The first-order chi connectivity index (χ1) is 11.6. The van der Waals surface area contributed by atoms with Crippen molar-refractivity contribution in [2.75, 3.05) is 16.8 Å². The third-order valence-corrected chi connectivity index (χ3v) is 4.17. The van der Waals surface area contributed by atoms with Crippen molar-refractivity contribution in [3.05, 3.63) is 41.8 Å². The largest absolute Gasteiger partial charge is 0.464 e. The molecule has 0 radical (unpaired) electrons. The Morgan fingerprint density at radius 3 is 2.92 bits per heavy atom. The molecule has 1 aromatic carbocycles. The minimum absolute atomic E-state index is 0.223. The number of anilines is 2. The van der Waals surface area contributed by atoms with Gasteiger partial charge in [0.15, 0.2) is 0 Å². The first kappa shape index (κ1) is 14.5. The third kappa shape index (κ3) is 2.09. The zero-order chi connectivity index (χ0) is 16.8. The van der Waals surface area contributed by atoms with Crippen molar-refractivity contribution in [2.24, 2.45) is 0 Å². The van der Waals surface area contributed by atoms with Crippen LogP contribution in [0.2, 0.25) is 0 Å². The van der Waals surface area contributed by atoms with Gasteiger partial charge in [-0.3, -0.25) is 14.9 Å². The highest BCUT2D eigenvalue weighted by molar-refractivity contribution is 6.21. The number of carbonyl (C=O) groups is 2. The Bertz CT molecular complexity index is 956. The standard InChI is InChI=1S/C17H15N3O4/c1-3-20-12-7-10-4-5-23-13(10)8-11(12)15(17(20)22)16(21)18-14-6-9(2)19-24-14/h4-8,15H,3H2,1-2H3,(H,18,21). The summed E-state index contributed by atoms with van der Waals surface area (Å²) in [5.41, 5.74) is 2.67. The lowest BCUT2D eigenvalue weighted by Gasteiger charge is -2.14. The van der Waals surface area contributed by atoms with E-state index in [1.807, 2.05) is 19.1 Å². The first-order valence-electron chi connectivity index (χ1n) is 7.65. The lowest BCUT2D eigenvalue weighted by Crippen LogP contribution is -2.33. The number of nitrogens with zero attached hydrogens (tertiary/aromatic N) is 2. The van der Waals surface area contributed by atoms with Gasteiger partial charge < -0.3 is 13.8 Å². The van der Waals surface area contributed by atoms with E-state index in [0.29, 0.717) is 23.4 Å². The van der Waals surface area contributed by atoms with Gasteiger partial charge in [0.05, 0.1) is 12.0 Å². The number of rotatable bonds is 3. The zero-order valence-electron chi connectivity index (χ0n) is 13.2. The van der Waals surface area contributed by atoms with Gasteiger partial charge in [-0.05, 0) is 32.0 Å². The van der Waals surface area contributed by atoms with E-state index in [2.05, 4.69) is 10.5 Å². The summed E-state index contributed by atoms with van der Waals surface area (Å²) in [5.74, 6) is -1.41. The molecule has 1 aliphatic heterocycles. The maximum absolute atomic E-state index is 12.7. The highest BCUT2D eigenvalue weighted by atomic mass is 16.5. The van der Waals surface area contributed by atoms with Crippen molar-refractivity contribution in [3.8, 4) is 0 Å². The maximum Gasteiger partial charge on any atom is 0.244 e. The van der Waals surface area contributed by atoms with Crippen LogP contribution in [-0.4, -0.2) is 23.5 Å². The fourth-order valence-corrected chi connectivity index (χ4v) is 3.08. The lowest BCUT2D eigenvalue weighted by molar-refractivity contribution is -0.126. The van der Waals surface area contributed by atoms with Crippen LogP contribution in [0.25, 0.3) is 11.0 Å². The lowest BCUT2D eigenvalue weighted by atomic mass is 9.99. The Balaban J connectivity index is 1.75. The maximum atomic E-state index is 12.7. The summed E-state index contributed by atoms with van der Waals surface area (Å²) < 4.78 is 10.4. The molecule has 0 spiro atoms. The predicted molar refractivity (Wildman–Crippen MR) is 86.9 cm³/mol. The van der Waals surface area contributed by atoms with E-state index in [4.69, 9.17) is 8.94 Å². The fourth-order valence-electron chi connectivity index (χ4n) is 3.08. The number of furan rings is 1. The number of nitrogens with one attached hydrogen (secondary N) is 1. The predicted octanol–water partition coefficient (Wildman–Crippen LogP) is 2.82. The Kier molecular flexibility index (Phi) is 3.16. The molecule has 0 saturated heterocycles. The molecule has 3 heterocycles. The number of hydrogen-bond donors (Lipinski definition) is 1. The molecule has 1 N–H and O–H groups in total. The van der Waals surface area contributed by atoms with Crippen molar-refractivity contribution < 1.29 is 18.5 Å². The Hall–Kier alpha value is -3.09. The van der Waals surface area contributed by atoms with Crippen LogP contribution in [0.3, 0.4) is 0 Å². The molecule has 7 heteroatoms. The van der Waals surface area contributed by atoms with Gasteiger partial charge in [-0.15, -0.1) is 0 Å². The van der Waals surface area contributed by atoms with Gasteiger partial charge in [-0.1, -0.05) is 5.16 Å². The molecular formula is C17H15N3O4. The third-order valence-electron chi connectivity index (χ3n) is 4.17. The first-order valence-corrected chi connectivity index (χ1v) is 7.65. The molecule has 0 aliphatic carbocycles. The average Bonchev–Trinajstić information content (AvgIpc) is 3.22. The molecule has 0 bridgehead atoms. The number of aromatic nitrogens is 1. The molecular weight excluding hydrogens is 310 g/mol. The summed E-state index contributed by atoms with van der Waals surface area (Å²) in [6, 6.07) is 7.07. The van der Waals surface area contributed by atoms with Gasteiger partial charge in [0.2, 0.25) is 17.7 Å². The van der Waals surface area contributed by atoms with Crippen molar-refractivity contribution in [2.45, 2.75) is 19.8 Å². The normalized spacial score (nSPS) is 16.7. The Morgan fingerprint density at radius 1 is 1.38 bits per heavy atom. The molecule has 7 nitrogen and oxygen atoms in total. The second kappa shape index (κ2) is 5.23. The average molecular weight is 325 g/mol. The highest BCUT2D eigenvalue weighted by Gasteiger charge is 2.42. The van der Waals surface area contributed by atoms with Gasteiger partial charge in [0.1, 0.15) is 11.5 Å². The van der Waals surface area contributed by atoms with Crippen LogP contribution in [0.4, 0.5) is 11.6 Å². The fraction of sp³-hybridized carbons (Fsp3) is 0.235. The molecule has 1 atom stereocenters. The molecule has 0 saturated carbocycles. The number of amides is 2. The molecule has 122 valence electrons. The summed E-state index contributed by atoms with van der Waals surface area (Å²) in [7, 11) is 0. The van der Waals surface area contributed by atoms with E-state index in [-0.39, 0.29) is 11.8 Å². The second-order valence-electron chi connectivity index (χ2n) is 5.71. The molecule has 24 heavy (non-hydrogen) atoms. The van der Waals surface area contributed by atoms with Crippen LogP contribution in [0.1, 0.15) is 24.1 Å². The van der Waals surface area contributed by atoms with E-state index in [1.165, 1.54) is 0 Å². The van der Waals surface area contributed by atoms with Crippen LogP contribution >= 0.6 is 0 Å². The highest BCUT2D eigenvalue weighted by Crippen LogP contribution is 2.40. The smallest absolute Gasteiger partial charge is 0.244 e. The zero-order valence-corrected chi connectivity index (χ0v) is 13.2. The molecule has 1 aliphatic rings. The minimum atomic E-state index is -0.931. The van der Waals surface area contributed by atoms with Crippen LogP contribution in [0.15, 0.2) is 39.5 Å². The number of carbonyl (C=O) groups excluding carboxylic acids is 2. The minimum Gasteiger partial charge on any atom is -0.464 e. The van der Waals surface area contributed by atoms with Gasteiger partial charge in [0, 0.05) is 29.2 Å². The molecule has 0 fully saturated rings. The second-order valence-corrected chi connectivity index (χ2v) is 5.71. The quantitative estimate of drug-likeness (QED) is 0.748. The van der Waals surface area contributed by atoms with E-state index in [9.17, 15) is 9.59 Å². The van der Waals surface area contributed by atoms with Gasteiger partial charge in [-0.25, -0.2) is 0 Å². The molecule has 2 aromatic heterocycles. The molecule has 3 aromatic rings. The number of likely N-dealkylation sites (N-methyl/N-ethyl adjacent to an activating group) is 1. The number of hydrogen-bond acceptors (Lipinski definition) is 5. The van der Waals surface area contributed by atoms with Gasteiger partial charge in [-0.2, -0.15) is 0 Å². The van der Waals surface area contributed by atoms with Crippen molar-refractivity contribution in [1.82, 2.24) is 5.16 Å². The van der Waals surface area contributed by atoms with Gasteiger partial charge >= 0.3 is 0 Å². The van der Waals surface area contributed by atoms with Crippen LogP contribution < -0.4 is 10.2 Å². The van der Waals surface area contributed by atoms with Crippen molar-refractivity contribution in [3.63, 3.8) is 0 Å².